The van der Waals surface area contributed by atoms with Crippen molar-refractivity contribution in [3.05, 3.63) is 70.7 Å². The molecule has 2 amide bonds. The number of halogens is 1. The Bertz CT molecular complexity index is 801. The van der Waals surface area contributed by atoms with Gasteiger partial charge in [0.1, 0.15) is 0 Å². The molecule has 1 aliphatic carbocycles. The molecule has 2 N–H and O–H groups in total. The van der Waals surface area contributed by atoms with Crippen LogP contribution in [-0.4, -0.2) is 11.8 Å². The number of benzene rings is 2. The van der Waals surface area contributed by atoms with Crippen LogP contribution in [0.1, 0.15) is 49.8 Å². The lowest BCUT2D eigenvalue weighted by Crippen LogP contribution is -2.38. The lowest BCUT2D eigenvalue weighted by molar-refractivity contribution is -0.131. The molecule has 1 aliphatic rings. The number of amides is 2. The first-order chi connectivity index (χ1) is 13.5. The number of nitrogens with one attached hydrogen (secondary N) is 2. The first-order valence-corrected chi connectivity index (χ1v) is 10.3. The first-order valence-electron chi connectivity index (χ1n) is 9.91. The summed E-state index contributed by atoms with van der Waals surface area (Å²) in [7, 11) is 0. The average Bonchev–Trinajstić information content (AvgIpc) is 2.73. The summed E-state index contributed by atoms with van der Waals surface area (Å²) in [5, 5.41) is 6.75. The molecular formula is C23H27ClN2O2. The summed E-state index contributed by atoms with van der Waals surface area (Å²) in [6, 6.07) is 17.5. The minimum absolute atomic E-state index is 0.00894. The van der Waals surface area contributed by atoms with E-state index in [1.165, 1.54) is 0 Å². The average molecular weight is 399 g/mol. The molecule has 2 aromatic rings. The molecule has 5 heteroatoms. The highest BCUT2D eigenvalue weighted by Gasteiger charge is 2.30. The van der Waals surface area contributed by atoms with Crippen molar-refractivity contribution in [3.8, 4) is 0 Å². The standard InChI is InChI=1S/C23H27ClN2O2/c1-16(17-7-3-2-4-8-17)26-23(28)19-13-11-18(12-14-19)22(27)25-15-20-9-5-6-10-21(20)24/h2-10,16,18-19H,11-15H2,1H3,(H,25,27)(H,26,28). The quantitative estimate of drug-likeness (QED) is 0.744. The molecule has 1 fully saturated rings. The van der Waals surface area contributed by atoms with E-state index < -0.39 is 0 Å². The van der Waals surface area contributed by atoms with E-state index in [0.29, 0.717) is 11.6 Å². The summed E-state index contributed by atoms with van der Waals surface area (Å²) >= 11 is 6.14. The van der Waals surface area contributed by atoms with E-state index in [-0.39, 0.29) is 29.7 Å². The second-order valence-corrected chi connectivity index (χ2v) is 7.91. The smallest absolute Gasteiger partial charge is 0.223 e. The molecule has 0 aromatic heterocycles. The summed E-state index contributed by atoms with van der Waals surface area (Å²) < 4.78 is 0. The molecular weight excluding hydrogens is 372 g/mol. The van der Waals surface area contributed by atoms with Crippen LogP contribution in [-0.2, 0) is 16.1 Å². The fourth-order valence-electron chi connectivity index (χ4n) is 3.74. The van der Waals surface area contributed by atoms with Gasteiger partial charge >= 0.3 is 0 Å². The van der Waals surface area contributed by atoms with Gasteiger partial charge in [-0.1, -0.05) is 60.1 Å². The highest BCUT2D eigenvalue weighted by Crippen LogP contribution is 2.30. The number of carbonyl (C=O) groups excluding carboxylic acids is 2. The number of hydrogen-bond donors (Lipinski definition) is 2. The van der Waals surface area contributed by atoms with Gasteiger partial charge in [-0.2, -0.15) is 0 Å². The molecule has 3 rings (SSSR count). The zero-order chi connectivity index (χ0) is 19.9. The molecule has 4 nitrogen and oxygen atoms in total. The number of hydrogen-bond acceptors (Lipinski definition) is 2. The monoisotopic (exact) mass is 398 g/mol. The van der Waals surface area contributed by atoms with E-state index in [9.17, 15) is 9.59 Å². The van der Waals surface area contributed by atoms with Crippen LogP contribution in [0, 0.1) is 11.8 Å². The largest absolute Gasteiger partial charge is 0.352 e. The Morgan fingerprint density at radius 1 is 0.929 bits per heavy atom. The maximum Gasteiger partial charge on any atom is 0.223 e. The summed E-state index contributed by atoms with van der Waals surface area (Å²) in [4.78, 5) is 25.0. The van der Waals surface area contributed by atoms with Gasteiger partial charge in [-0.05, 0) is 49.8 Å². The summed E-state index contributed by atoms with van der Waals surface area (Å²) in [6.45, 7) is 2.44. The third-order valence-electron chi connectivity index (χ3n) is 5.54. The van der Waals surface area contributed by atoms with Gasteiger partial charge in [0.15, 0.2) is 0 Å². The predicted molar refractivity (Wildman–Crippen MR) is 112 cm³/mol. The third kappa shape index (κ3) is 5.35. The van der Waals surface area contributed by atoms with Gasteiger partial charge in [-0.3, -0.25) is 9.59 Å². The van der Waals surface area contributed by atoms with Crippen LogP contribution in [0.5, 0.6) is 0 Å². The summed E-state index contributed by atoms with van der Waals surface area (Å²) in [6.07, 6.45) is 2.98. The normalized spacial score (nSPS) is 20.2. The topological polar surface area (TPSA) is 58.2 Å². The zero-order valence-corrected chi connectivity index (χ0v) is 16.9. The molecule has 0 spiro atoms. The van der Waals surface area contributed by atoms with E-state index in [1.54, 1.807) is 0 Å². The van der Waals surface area contributed by atoms with Crippen molar-refractivity contribution in [2.75, 3.05) is 0 Å². The highest BCUT2D eigenvalue weighted by atomic mass is 35.5. The summed E-state index contributed by atoms with van der Waals surface area (Å²) in [5.41, 5.74) is 2.02. The molecule has 28 heavy (non-hydrogen) atoms. The van der Waals surface area contributed by atoms with Gasteiger partial charge in [0, 0.05) is 23.4 Å². The maximum absolute atomic E-state index is 12.6. The van der Waals surface area contributed by atoms with E-state index in [0.717, 1.165) is 36.8 Å². The van der Waals surface area contributed by atoms with Crippen molar-refractivity contribution in [1.29, 1.82) is 0 Å². The molecule has 2 aromatic carbocycles. The first kappa shape index (κ1) is 20.4. The van der Waals surface area contributed by atoms with Crippen molar-refractivity contribution in [3.63, 3.8) is 0 Å². The van der Waals surface area contributed by atoms with E-state index in [2.05, 4.69) is 10.6 Å². The Morgan fingerprint density at radius 2 is 1.50 bits per heavy atom. The SMILES string of the molecule is CC(NC(=O)C1CCC(C(=O)NCc2ccccc2Cl)CC1)c1ccccc1. The molecule has 0 heterocycles. The van der Waals surface area contributed by atoms with Crippen molar-refractivity contribution < 1.29 is 9.59 Å². The Balaban J connectivity index is 1.44. The Kier molecular flexibility index (Phi) is 7.10. The van der Waals surface area contributed by atoms with Crippen molar-refractivity contribution in [1.82, 2.24) is 10.6 Å². The van der Waals surface area contributed by atoms with Crippen LogP contribution >= 0.6 is 11.6 Å². The minimum atomic E-state index is -0.0296. The van der Waals surface area contributed by atoms with Gasteiger partial charge in [0.25, 0.3) is 0 Å². The molecule has 0 aliphatic heterocycles. The van der Waals surface area contributed by atoms with Crippen LogP contribution < -0.4 is 10.6 Å². The fourth-order valence-corrected chi connectivity index (χ4v) is 3.95. The second-order valence-electron chi connectivity index (χ2n) is 7.50. The third-order valence-corrected chi connectivity index (χ3v) is 5.91. The molecule has 148 valence electrons. The number of carbonyl (C=O) groups is 2. The van der Waals surface area contributed by atoms with Crippen LogP contribution in [0.3, 0.4) is 0 Å². The van der Waals surface area contributed by atoms with E-state index in [1.807, 2.05) is 61.5 Å². The van der Waals surface area contributed by atoms with E-state index in [4.69, 9.17) is 11.6 Å². The van der Waals surface area contributed by atoms with E-state index >= 15 is 0 Å². The van der Waals surface area contributed by atoms with Gasteiger partial charge < -0.3 is 10.6 Å². The molecule has 1 saturated carbocycles. The molecule has 0 radical (unpaired) electrons. The lowest BCUT2D eigenvalue weighted by Gasteiger charge is -2.28. The van der Waals surface area contributed by atoms with Crippen LogP contribution in [0.25, 0.3) is 0 Å². The Hall–Kier alpha value is -2.33. The van der Waals surface area contributed by atoms with Crippen molar-refractivity contribution in [2.24, 2.45) is 11.8 Å². The molecule has 0 bridgehead atoms. The maximum atomic E-state index is 12.6. The lowest BCUT2D eigenvalue weighted by atomic mass is 9.81. The van der Waals surface area contributed by atoms with Crippen molar-refractivity contribution >= 4 is 23.4 Å². The fraction of sp³-hybridized carbons (Fsp3) is 0.391. The number of rotatable bonds is 6. The zero-order valence-electron chi connectivity index (χ0n) is 16.2. The molecule has 1 unspecified atom stereocenters. The summed E-state index contributed by atoms with van der Waals surface area (Å²) in [5.74, 6) is 0.0968. The van der Waals surface area contributed by atoms with Crippen LogP contribution in [0.4, 0.5) is 0 Å². The van der Waals surface area contributed by atoms with Crippen LogP contribution in [0.2, 0.25) is 5.02 Å². The Labute approximate surface area is 171 Å². The van der Waals surface area contributed by atoms with Crippen molar-refractivity contribution in [2.45, 2.75) is 45.2 Å². The predicted octanol–water partition coefficient (Wildman–Crippen LogP) is 4.64. The van der Waals surface area contributed by atoms with Crippen LogP contribution in [0.15, 0.2) is 54.6 Å². The minimum Gasteiger partial charge on any atom is -0.352 e. The van der Waals surface area contributed by atoms with Gasteiger partial charge in [-0.15, -0.1) is 0 Å². The molecule has 0 saturated heterocycles. The molecule has 1 atom stereocenters. The highest BCUT2D eigenvalue weighted by molar-refractivity contribution is 6.31. The second kappa shape index (κ2) is 9.74. The van der Waals surface area contributed by atoms with Gasteiger partial charge in [-0.25, -0.2) is 0 Å². The Morgan fingerprint density at radius 3 is 2.14 bits per heavy atom. The van der Waals surface area contributed by atoms with Gasteiger partial charge in [0.05, 0.1) is 6.04 Å². The van der Waals surface area contributed by atoms with Gasteiger partial charge in [0.2, 0.25) is 11.8 Å².